The second-order valence-electron chi connectivity index (χ2n) is 8.91. The molecule has 1 aliphatic rings. The maximum absolute atomic E-state index is 14.0. The number of hydrogen-bond acceptors (Lipinski definition) is 9. The summed E-state index contributed by atoms with van der Waals surface area (Å²) in [5, 5.41) is 33.0. The Balaban J connectivity index is 1.35. The third-order valence-electron chi connectivity index (χ3n) is 6.46. The molecule has 196 valence electrons. The van der Waals surface area contributed by atoms with Crippen molar-refractivity contribution in [2.24, 2.45) is 0 Å². The van der Waals surface area contributed by atoms with Crippen LogP contribution in [0.15, 0.2) is 42.0 Å². The van der Waals surface area contributed by atoms with Crippen LogP contribution in [-0.4, -0.2) is 63.8 Å². The predicted molar refractivity (Wildman–Crippen MR) is 134 cm³/mol. The van der Waals surface area contributed by atoms with Gasteiger partial charge in [0.25, 0.3) is 0 Å². The lowest BCUT2D eigenvalue weighted by atomic mass is 9.95. The molecule has 4 heterocycles. The largest absolute Gasteiger partial charge is 0.394 e. The van der Waals surface area contributed by atoms with Gasteiger partial charge < -0.3 is 14.9 Å². The van der Waals surface area contributed by atoms with Gasteiger partial charge in [0, 0.05) is 12.0 Å². The quantitative estimate of drug-likeness (QED) is 0.312. The van der Waals surface area contributed by atoms with Crippen molar-refractivity contribution >= 4 is 33.2 Å². The fourth-order valence-electron chi connectivity index (χ4n) is 4.62. The van der Waals surface area contributed by atoms with E-state index in [2.05, 4.69) is 25.4 Å². The number of ether oxygens (including phenoxy) is 1. The van der Waals surface area contributed by atoms with Gasteiger partial charge in [-0.3, -0.25) is 0 Å². The van der Waals surface area contributed by atoms with E-state index in [0.29, 0.717) is 11.6 Å². The minimum absolute atomic E-state index is 0.140. The molecule has 1 fully saturated rings. The molecule has 5 aromatic rings. The molecular weight excluding hydrogens is 540 g/mol. The monoisotopic (exact) mass is 559 g/mol. The average Bonchev–Trinajstić information content (AvgIpc) is 3.66. The van der Waals surface area contributed by atoms with Gasteiger partial charge in [0.2, 0.25) is 0 Å². The maximum Gasteiger partial charge on any atom is 0.161 e. The lowest BCUT2D eigenvalue weighted by Crippen LogP contribution is -2.45. The second-order valence-corrected chi connectivity index (χ2v) is 10.2. The van der Waals surface area contributed by atoms with E-state index in [1.807, 2.05) is 18.2 Å². The van der Waals surface area contributed by atoms with Gasteiger partial charge in [-0.05, 0) is 37.3 Å². The first-order chi connectivity index (χ1) is 18.3. The molecule has 14 heteroatoms. The van der Waals surface area contributed by atoms with Crippen LogP contribution in [0.25, 0.3) is 27.2 Å². The van der Waals surface area contributed by atoms with Crippen LogP contribution < -0.4 is 0 Å². The summed E-state index contributed by atoms with van der Waals surface area (Å²) in [7, 11) is 0. The van der Waals surface area contributed by atoms with E-state index >= 15 is 0 Å². The standard InChI is InChI=1S/C24H20ClF2N7O3S/c1-11-29-24(34(31-11)13-2-3-16-21(6-13)38-10-28-16)19-7-18(23(36)20(9-35)37-19)33-8-17(30-32-33)12-4-14(26)22(25)15(27)5-12/h2-6,8,10,18-20,23,35-36H,7,9H2,1H3/t18-,19-,20-,23-/m1/s1. The number of benzene rings is 2. The first-order valence-electron chi connectivity index (χ1n) is 11.6. The molecule has 0 unspecified atom stereocenters. The molecule has 2 aromatic carbocycles. The van der Waals surface area contributed by atoms with E-state index in [1.165, 1.54) is 22.2 Å². The summed E-state index contributed by atoms with van der Waals surface area (Å²) in [6, 6.07) is 7.16. The van der Waals surface area contributed by atoms with Crippen LogP contribution in [0.2, 0.25) is 5.02 Å². The van der Waals surface area contributed by atoms with E-state index in [1.54, 1.807) is 17.1 Å². The molecule has 6 rings (SSSR count). The number of aliphatic hydroxyl groups is 2. The number of nitrogens with zero attached hydrogens (tertiary/aromatic N) is 7. The highest BCUT2D eigenvalue weighted by molar-refractivity contribution is 7.16. The van der Waals surface area contributed by atoms with Crippen LogP contribution in [-0.2, 0) is 4.74 Å². The third kappa shape index (κ3) is 4.35. The number of hydrogen-bond donors (Lipinski definition) is 2. The van der Waals surface area contributed by atoms with Crippen molar-refractivity contribution in [2.45, 2.75) is 37.7 Å². The first-order valence-corrected chi connectivity index (χ1v) is 12.9. The van der Waals surface area contributed by atoms with Crippen LogP contribution in [0.4, 0.5) is 8.78 Å². The zero-order chi connectivity index (χ0) is 26.6. The Morgan fingerprint density at radius 2 is 2.00 bits per heavy atom. The van der Waals surface area contributed by atoms with Crippen LogP contribution in [0.3, 0.4) is 0 Å². The summed E-state index contributed by atoms with van der Waals surface area (Å²) in [4.78, 5) is 8.90. The van der Waals surface area contributed by atoms with E-state index in [-0.39, 0.29) is 17.7 Å². The molecule has 0 amide bonds. The molecule has 0 spiro atoms. The summed E-state index contributed by atoms with van der Waals surface area (Å²) in [5.74, 6) is -0.835. The molecule has 4 atom stereocenters. The second kappa shape index (κ2) is 9.75. The summed E-state index contributed by atoms with van der Waals surface area (Å²) < 4.78 is 38.1. The number of aromatic nitrogens is 7. The zero-order valence-corrected chi connectivity index (χ0v) is 21.3. The number of aliphatic hydroxyl groups excluding tert-OH is 2. The molecule has 1 aliphatic heterocycles. The predicted octanol–water partition coefficient (Wildman–Crippen LogP) is 3.80. The number of halogens is 3. The first kappa shape index (κ1) is 24.9. The van der Waals surface area contributed by atoms with Crippen molar-refractivity contribution in [2.75, 3.05) is 6.61 Å². The van der Waals surface area contributed by atoms with E-state index in [9.17, 15) is 19.0 Å². The highest BCUT2D eigenvalue weighted by Gasteiger charge is 2.41. The van der Waals surface area contributed by atoms with Crippen molar-refractivity contribution in [3.8, 4) is 16.9 Å². The Morgan fingerprint density at radius 3 is 2.76 bits per heavy atom. The molecule has 0 aliphatic carbocycles. The minimum Gasteiger partial charge on any atom is -0.394 e. The average molecular weight is 560 g/mol. The van der Waals surface area contributed by atoms with Crippen molar-refractivity contribution in [3.05, 3.63) is 70.3 Å². The molecule has 1 saturated heterocycles. The number of fused-ring (bicyclic) bond motifs is 1. The highest BCUT2D eigenvalue weighted by atomic mass is 35.5. The SMILES string of the molecule is Cc1nc([C@H]2C[C@@H](n3cc(-c4cc(F)c(Cl)c(F)c4)nn3)[C@@H](O)[C@@H](CO)O2)n(-c2ccc3ncsc3c2)n1. The van der Waals surface area contributed by atoms with Gasteiger partial charge in [-0.25, -0.2) is 28.1 Å². The van der Waals surface area contributed by atoms with Crippen LogP contribution in [0.5, 0.6) is 0 Å². The third-order valence-corrected chi connectivity index (χ3v) is 7.62. The molecule has 0 saturated carbocycles. The van der Waals surface area contributed by atoms with E-state index in [4.69, 9.17) is 16.3 Å². The fourth-order valence-corrected chi connectivity index (χ4v) is 5.43. The summed E-state index contributed by atoms with van der Waals surface area (Å²) >= 11 is 7.10. The lowest BCUT2D eigenvalue weighted by molar-refractivity contribution is -0.161. The summed E-state index contributed by atoms with van der Waals surface area (Å²) in [6.45, 7) is 1.31. The van der Waals surface area contributed by atoms with Crippen molar-refractivity contribution < 1.29 is 23.7 Å². The Labute approximate surface area is 223 Å². The van der Waals surface area contributed by atoms with Crippen LogP contribution >= 0.6 is 22.9 Å². The molecule has 0 bridgehead atoms. The fraction of sp³-hybridized carbons (Fsp3) is 0.292. The number of thiazole rings is 1. The smallest absolute Gasteiger partial charge is 0.161 e. The molecule has 0 radical (unpaired) electrons. The summed E-state index contributed by atoms with van der Waals surface area (Å²) in [5.41, 5.74) is 3.73. The van der Waals surface area contributed by atoms with Crippen LogP contribution in [0.1, 0.15) is 30.2 Å². The van der Waals surface area contributed by atoms with Gasteiger partial charge in [0.1, 0.15) is 46.5 Å². The normalized spacial score (nSPS) is 21.8. The van der Waals surface area contributed by atoms with Crippen LogP contribution in [0, 0.1) is 18.6 Å². The Hall–Kier alpha value is -3.36. The molecule has 3 aromatic heterocycles. The molecule has 38 heavy (non-hydrogen) atoms. The number of aryl methyl sites for hydroxylation is 1. The van der Waals surface area contributed by atoms with Crippen molar-refractivity contribution in [1.29, 1.82) is 0 Å². The highest BCUT2D eigenvalue weighted by Crippen LogP contribution is 2.38. The lowest BCUT2D eigenvalue weighted by Gasteiger charge is -2.38. The Morgan fingerprint density at radius 1 is 1.21 bits per heavy atom. The van der Waals surface area contributed by atoms with E-state index < -0.39 is 47.6 Å². The topological polar surface area (TPSA) is 124 Å². The minimum atomic E-state index is -1.14. The van der Waals surface area contributed by atoms with Gasteiger partial charge in [-0.15, -0.1) is 16.4 Å². The number of rotatable bonds is 5. The van der Waals surface area contributed by atoms with Gasteiger partial charge >= 0.3 is 0 Å². The Kier molecular flexibility index (Phi) is 6.40. The zero-order valence-electron chi connectivity index (χ0n) is 19.7. The summed E-state index contributed by atoms with van der Waals surface area (Å²) in [6.07, 6.45) is -1.08. The maximum atomic E-state index is 14.0. The van der Waals surface area contributed by atoms with E-state index in [0.717, 1.165) is 28.0 Å². The molecule has 10 nitrogen and oxygen atoms in total. The van der Waals surface area contributed by atoms with Crippen molar-refractivity contribution in [3.63, 3.8) is 0 Å². The van der Waals surface area contributed by atoms with Gasteiger partial charge in [-0.2, -0.15) is 5.10 Å². The Bertz CT molecular complexity index is 1620. The molecule has 2 N–H and O–H groups in total. The van der Waals surface area contributed by atoms with Gasteiger partial charge in [-0.1, -0.05) is 16.8 Å². The van der Waals surface area contributed by atoms with Crippen molar-refractivity contribution in [1.82, 2.24) is 34.7 Å². The van der Waals surface area contributed by atoms with Gasteiger partial charge in [0.15, 0.2) is 5.82 Å². The molecular formula is C24H20ClF2N7O3S. The van der Waals surface area contributed by atoms with Gasteiger partial charge in [0.05, 0.1) is 40.3 Å².